The van der Waals surface area contributed by atoms with Gasteiger partial charge < -0.3 is 18.9 Å². The topological polar surface area (TPSA) is 69.5 Å². The summed E-state index contributed by atoms with van der Waals surface area (Å²) in [7, 11) is 0. The second-order valence-corrected chi connectivity index (χ2v) is 8.04. The van der Waals surface area contributed by atoms with Gasteiger partial charge in [-0.25, -0.2) is 4.79 Å². The number of amides is 1. The van der Waals surface area contributed by atoms with E-state index in [1.807, 2.05) is 32.9 Å². The monoisotopic (exact) mass is 364 g/mol. The van der Waals surface area contributed by atoms with Crippen molar-refractivity contribution < 1.29 is 14.3 Å². The molecular formula is C17H21ClN4O3. The molecule has 4 rings (SSSR count). The summed E-state index contributed by atoms with van der Waals surface area (Å²) in [6, 6.07) is 4.17. The molecule has 4 heterocycles. The third-order valence-electron chi connectivity index (χ3n) is 4.53. The zero-order valence-electron chi connectivity index (χ0n) is 14.5. The highest BCUT2D eigenvalue weighted by Gasteiger charge is 2.38. The van der Waals surface area contributed by atoms with Gasteiger partial charge in [-0.05, 0) is 26.8 Å². The number of likely N-dealkylation sites (tertiary alicyclic amines) is 1. The van der Waals surface area contributed by atoms with Gasteiger partial charge >= 0.3 is 6.09 Å². The molecule has 0 radical (unpaired) electrons. The molecule has 0 bridgehead atoms. The molecule has 0 spiro atoms. The van der Waals surface area contributed by atoms with Gasteiger partial charge in [0.05, 0.1) is 24.8 Å². The number of carbonyl (C=O) groups is 1. The third-order valence-corrected chi connectivity index (χ3v) is 4.72. The minimum absolute atomic E-state index is 0.251. The van der Waals surface area contributed by atoms with E-state index in [0.29, 0.717) is 31.5 Å². The predicted octanol–water partition coefficient (Wildman–Crippen LogP) is 2.99. The summed E-state index contributed by atoms with van der Waals surface area (Å²) >= 11 is 6.03. The Labute approximate surface area is 150 Å². The molecule has 0 saturated carbocycles. The van der Waals surface area contributed by atoms with E-state index in [-0.39, 0.29) is 18.1 Å². The number of hydrogen-bond acceptors (Lipinski definition) is 5. The van der Waals surface area contributed by atoms with Crippen LogP contribution in [0.3, 0.4) is 0 Å². The molecule has 2 aromatic heterocycles. The maximum Gasteiger partial charge on any atom is 0.410 e. The van der Waals surface area contributed by atoms with Gasteiger partial charge in [0.15, 0.2) is 5.15 Å². The lowest BCUT2D eigenvalue weighted by molar-refractivity contribution is -0.0248. The van der Waals surface area contributed by atoms with Crippen molar-refractivity contribution >= 4 is 28.7 Å². The average Bonchev–Trinajstić information content (AvgIpc) is 2.72. The average molecular weight is 365 g/mol. The fourth-order valence-corrected chi connectivity index (χ4v) is 3.39. The van der Waals surface area contributed by atoms with Crippen LogP contribution >= 0.6 is 11.6 Å². The molecule has 0 aromatic carbocycles. The Morgan fingerprint density at radius 2 is 2.00 bits per heavy atom. The molecule has 1 amide bonds. The highest BCUT2D eigenvalue weighted by molar-refractivity contribution is 6.29. The Kier molecular flexibility index (Phi) is 3.88. The summed E-state index contributed by atoms with van der Waals surface area (Å²) in [4.78, 5) is 13.9. The first-order valence-corrected chi connectivity index (χ1v) is 8.79. The first-order chi connectivity index (χ1) is 11.8. The second kappa shape index (κ2) is 5.85. The van der Waals surface area contributed by atoms with Crippen molar-refractivity contribution in [3.63, 3.8) is 0 Å². The van der Waals surface area contributed by atoms with Gasteiger partial charge in [0.2, 0.25) is 0 Å². The van der Waals surface area contributed by atoms with Crippen LogP contribution in [0.1, 0.15) is 38.4 Å². The van der Waals surface area contributed by atoms with Crippen LogP contribution in [0.25, 0.3) is 11.0 Å². The molecule has 134 valence electrons. The number of rotatable bonds is 2. The van der Waals surface area contributed by atoms with E-state index >= 15 is 0 Å². The highest BCUT2D eigenvalue weighted by atomic mass is 35.5. The zero-order chi connectivity index (χ0) is 17.8. The van der Waals surface area contributed by atoms with Gasteiger partial charge in [-0.1, -0.05) is 11.6 Å². The quantitative estimate of drug-likeness (QED) is 0.819. The molecule has 0 N–H and O–H groups in total. The minimum atomic E-state index is -0.479. The molecule has 8 heteroatoms. The Bertz CT molecular complexity index is 819. The van der Waals surface area contributed by atoms with Gasteiger partial charge in [0.1, 0.15) is 11.1 Å². The lowest BCUT2D eigenvalue weighted by atomic mass is 9.96. The van der Waals surface area contributed by atoms with Gasteiger partial charge in [0.25, 0.3) is 0 Å². The van der Waals surface area contributed by atoms with Crippen molar-refractivity contribution in [1.82, 2.24) is 19.7 Å². The number of halogens is 1. The summed E-state index contributed by atoms with van der Waals surface area (Å²) in [5.41, 5.74) is 2.47. The number of aromatic nitrogens is 3. The molecule has 0 atom stereocenters. The first-order valence-electron chi connectivity index (χ1n) is 8.41. The first kappa shape index (κ1) is 16.6. The predicted molar refractivity (Wildman–Crippen MR) is 92.9 cm³/mol. The molecular weight excluding hydrogens is 344 g/mol. The van der Waals surface area contributed by atoms with Crippen LogP contribution in [0.5, 0.6) is 0 Å². The van der Waals surface area contributed by atoms with Crippen molar-refractivity contribution in [2.45, 2.75) is 38.3 Å². The summed E-state index contributed by atoms with van der Waals surface area (Å²) in [6.45, 7) is 8.26. The van der Waals surface area contributed by atoms with Crippen LogP contribution in [-0.2, 0) is 9.47 Å². The molecule has 2 saturated heterocycles. The van der Waals surface area contributed by atoms with E-state index in [2.05, 4.69) is 14.8 Å². The minimum Gasteiger partial charge on any atom is -0.444 e. The fourth-order valence-electron chi connectivity index (χ4n) is 3.25. The van der Waals surface area contributed by atoms with Crippen LogP contribution in [0.2, 0.25) is 5.15 Å². The van der Waals surface area contributed by atoms with Crippen molar-refractivity contribution in [2.75, 3.05) is 26.3 Å². The van der Waals surface area contributed by atoms with E-state index < -0.39 is 5.60 Å². The van der Waals surface area contributed by atoms with Gasteiger partial charge in [-0.15, -0.1) is 10.2 Å². The Morgan fingerprint density at radius 3 is 2.60 bits per heavy atom. The van der Waals surface area contributed by atoms with Gasteiger partial charge in [0, 0.05) is 30.8 Å². The summed E-state index contributed by atoms with van der Waals surface area (Å²) in [5, 5.41) is 8.51. The lowest BCUT2D eigenvalue weighted by Crippen LogP contribution is -2.51. The van der Waals surface area contributed by atoms with Crippen LogP contribution in [0.4, 0.5) is 4.79 Å². The van der Waals surface area contributed by atoms with Crippen LogP contribution in [0.15, 0.2) is 12.1 Å². The molecule has 0 unspecified atom stereocenters. The molecule has 25 heavy (non-hydrogen) atoms. The third kappa shape index (κ3) is 3.06. The zero-order valence-corrected chi connectivity index (χ0v) is 15.3. The maximum atomic E-state index is 12.2. The van der Waals surface area contributed by atoms with E-state index in [0.717, 1.165) is 16.7 Å². The number of carbonyl (C=O) groups excluding carboxylic acids is 1. The highest BCUT2D eigenvalue weighted by Crippen LogP contribution is 2.36. The van der Waals surface area contributed by atoms with Crippen LogP contribution in [-0.4, -0.2) is 57.7 Å². The van der Waals surface area contributed by atoms with Crippen LogP contribution < -0.4 is 0 Å². The van der Waals surface area contributed by atoms with Crippen molar-refractivity contribution in [2.24, 2.45) is 0 Å². The number of nitrogens with zero attached hydrogens (tertiary/aromatic N) is 4. The largest absolute Gasteiger partial charge is 0.444 e. The number of hydrogen-bond donors (Lipinski definition) is 0. The Balaban J connectivity index is 1.57. The number of fused-ring (bicyclic) bond motifs is 1. The van der Waals surface area contributed by atoms with Gasteiger partial charge in [-0.2, -0.15) is 0 Å². The second-order valence-electron chi connectivity index (χ2n) is 7.65. The summed E-state index contributed by atoms with van der Waals surface area (Å²) in [6.07, 6.45) is -0.263. The summed E-state index contributed by atoms with van der Waals surface area (Å²) in [5.74, 6) is 0.251. The standard InChI is InChI=1S/C17H21ClN4O3/c1-17(2,3)25-16(23)21-6-10(7-21)13-4-12-14(5-15(18)20-19-12)22(13)11-8-24-9-11/h4-5,10-11H,6-9H2,1-3H3. The fraction of sp³-hybridized carbons (Fsp3) is 0.588. The Morgan fingerprint density at radius 1 is 1.28 bits per heavy atom. The van der Waals surface area contributed by atoms with E-state index in [1.54, 1.807) is 4.90 Å². The van der Waals surface area contributed by atoms with Gasteiger partial charge in [-0.3, -0.25) is 0 Å². The lowest BCUT2D eigenvalue weighted by Gasteiger charge is -2.41. The Hall–Kier alpha value is -1.86. The van der Waals surface area contributed by atoms with E-state index in [9.17, 15) is 4.79 Å². The van der Waals surface area contributed by atoms with Crippen molar-refractivity contribution in [1.29, 1.82) is 0 Å². The molecule has 2 aromatic rings. The van der Waals surface area contributed by atoms with Crippen LogP contribution in [0, 0.1) is 0 Å². The normalized spacial score (nSPS) is 19.0. The SMILES string of the molecule is CC(C)(C)OC(=O)N1CC(c2cc3nnc(Cl)cc3n2C2COC2)C1. The maximum absolute atomic E-state index is 12.2. The molecule has 2 fully saturated rings. The smallest absolute Gasteiger partial charge is 0.410 e. The van der Waals surface area contributed by atoms with Crippen molar-refractivity contribution in [3.8, 4) is 0 Å². The number of ether oxygens (including phenoxy) is 2. The summed E-state index contributed by atoms with van der Waals surface area (Å²) < 4.78 is 13.0. The van der Waals surface area contributed by atoms with E-state index in [1.165, 1.54) is 0 Å². The molecule has 2 aliphatic rings. The molecule has 7 nitrogen and oxygen atoms in total. The molecule has 0 aliphatic carbocycles. The van der Waals surface area contributed by atoms with Crippen molar-refractivity contribution in [3.05, 3.63) is 23.0 Å². The van der Waals surface area contributed by atoms with E-state index in [4.69, 9.17) is 21.1 Å². The molecule has 2 aliphatic heterocycles.